The van der Waals surface area contributed by atoms with Crippen LogP contribution in [0, 0.1) is 17.1 Å². The fourth-order valence-corrected chi connectivity index (χ4v) is 2.52. The van der Waals surface area contributed by atoms with Gasteiger partial charge in [0, 0.05) is 17.3 Å². The monoisotopic (exact) mass is 345 g/mol. The Morgan fingerprint density at radius 2 is 1.96 bits per heavy atom. The van der Waals surface area contributed by atoms with Gasteiger partial charge in [-0.3, -0.25) is 10.1 Å². The largest absolute Gasteiger partial charge is 0.325 e. The third kappa shape index (κ3) is 4.31. The van der Waals surface area contributed by atoms with Crippen molar-refractivity contribution in [1.29, 1.82) is 5.26 Å². The molecule has 2 unspecified atom stereocenters. The zero-order valence-electron chi connectivity index (χ0n) is 13.3. The molecule has 0 aliphatic carbocycles. The summed E-state index contributed by atoms with van der Waals surface area (Å²) in [5, 5.41) is 14.9. The maximum atomic E-state index is 13.8. The molecule has 0 bridgehead atoms. The van der Waals surface area contributed by atoms with Crippen LogP contribution in [0.15, 0.2) is 42.5 Å². The zero-order chi connectivity index (χ0) is 17.7. The third-order valence-electron chi connectivity index (χ3n) is 3.62. The number of nitriles is 1. The lowest BCUT2D eigenvalue weighted by molar-refractivity contribution is -0.117. The first-order valence-electron chi connectivity index (χ1n) is 7.43. The molecule has 0 heterocycles. The van der Waals surface area contributed by atoms with Gasteiger partial charge in [0.25, 0.3) is 0 Å². The SMILES string of the molecule is CC(NC(C)c1ccccc1F)C(=O)Nc1ccc(C#N)c(Cl)c1. The van der Waals surface area contributed by atoms with E-state index in [2.05, 4.69) is 10.6 Å². The molecule has 0 aliphatic rings. The number of anilines is 1. The van der Waals surface area contributed by atoms with Gasteiger partial charge in [-0.15, -0.1) is 0 Å². The van der Waals surface area contributed by atoms with Gasteiger partial charge in [0.2, 0.25) is 5.91 Å². The van der Waals surface area contributed by atoms with Gasteiger partial charge in [-0.05, 0) is 38.1 Å². The van der Waals surface area contributed by atoms with Gasteiger partial charge in [0.1, 0.15) is 11.9 Å². The van der Waals surface area contributed by atoms with Crippen LogP contribution in [-0.2, 0) is 4.79 Å². The zero-order valence-corrected chi connectivity index (χ0v) is 14.1. The first kappa shape index (κ1) is 17.9. The van der Waals surface area contributed by atoms with Crippen molar-refractivity contribution >= 4 is 23.2 Å². The predicted molar refractivity (Wildman–Crippen MR) is 92.2 cm³/mol. The Morgan fingerprint density at radius 3 is 2.58 bits per heavy atom. The van der Waals surface area contributed by atoms with Gasteiger partial charge in [-0.1, -0.05) is 29.8 Å². The molecule has 24 heavy (non-hydrogen) atoms. The molecular formula is C18H17ClFN3O. The van der Waals surface area contributed by atoms with E-state index in [4.69, 9.17) is 16.9 Å². The van der Waals surface area contributed by atoms with E-state index in [0.717, 1.165) is 0 Å². The number of hydrogen-bond donors (Lipinski definition) is 2. The molecule has 2 aromatic carbocycles. The normalized spacial score (nSPS) is 13.0. The van der Waals surface area contributed by atoms with Crippen LogP contribution in [-0.4, -0.2) is 11.9 Å². The van der Waals surface area contributed by atoms with Crippen LogP contribution in [0.3, 0.4) is 0 Å². The predicted octanol–water partition coefficient (Wildman–Crippen LogP) is 4.03. The standard InChI is InChI=1S/C18H17ClFN3O/c1-11(15-5-3-4-6-17(15)20)22-12(2)18(24)23-14-8-7-13(10-21)16(19)9-14/h3-9,11-12,22H,1-2H3,(H,23,24). The summed E-state index contributed by atoms with van der Waals surface area (Å²) in [7, 11) is 0. The molecule has 0 saturated heterocycles. The van der Waals surface area contributed by atoms with Gasteiger partial charge >= 0.3 is 0 Å². The second-order valence-corrected chi connectivity index (χ2v) is 5.83. The number of hydrogen-bond acceptors (Lipinski definition) is 3. The lowest BCUT2D eigenvalue weighted by Gasteiger charge is -2.20. The summed E-state index contributed by atoms with van der Waals surface area (Å²) >= 11 is 5.94. The Hall–Kier alpha value is -2.42. The average Bonchev–Trinajstić information content (AvgIpc) is 2.55. The van der Waals surface area contributed by atoms with Gasteiger partial charge in [0.05, 0.1) is 16.6 Å². The van der Waals surface area contributed by atoms with Crippen molar-refractivity contribution in [2.24, 2.45) is 0 Å². The van der Waals surface area contributed by atoms with Crippen LogP contribution < -0.4 is 10.6 Å². The van der Waals surface area contributed by atoms with Crippen molar-refractivity contribution in [3.63, 3.8) is 0 Å². The van der Waals surface area contributed by atoms with Crippen molar-refractivity contribution in [2.75, 3.05) is 5.32 Å². The number of rotatable bonds is 5. The molecule has 2 aromatic rings. The van der Waals surface area contributed by atoms with Gasteiger partial charge in [-0.25, -0.2) is 4.39 Å². The van der Waals surface area contributed by atoms with Crippen molar-refractivity contribution < 1.29 is 9.18 Å². The topological polar surface area (TPSA) is 64.9 Å². The van der Waals surface area contributed by atoms with Crippen molar-refractivity contribution in [2.45, 2.75) is 25.9 Å². The highest BCUT2D eigenvalue weighted by molar-refractivity contribution is 6.32. The molecule has 0 fully saturated rings. The number of carbonyl (C=O) groups excluding carboxylic acids is 1. The van der Waals surface area contributed by atoms with Crippen LogP contribution in [0.4, 0.5) is 10.1 Å². The smallest absolute Gasteiger partial charge is 0.241 e. The van der Waals surface area contributed by atoms with E-state index in [1.165, 1.54) is 18.2 Å². The molecule has 4 nitrogen and oxygen atoms in total. The number of nitrogens with zero attached hydrogens (tertiary/aromatic N) is 1. The maximum Gasteiger partial charge on any atom is 0.241 e. The average molecular weight is 346 g/mol. The highest BCUT2D eigenvalue weighted by atomic mass is 35.5. The van der Waals surface area contributed by atoms with E-state index >= 15 is 0 Å². The van der Waals surface area contributed by atoms with E-state index in [-0.39, 0.29) is 22.8 Å². The van der Waals surface area contributed by atoms with Crippen LogP contribution in [0.5, 0.6) is 0 Å². The second-order valence-electron chi connectivity index (χ2n) is 5.43. The van der Waals surface area contributed by atoms with Crippen molar-refractivity contribution in [3.05, 3.63) is 64.4 Å². The summed E-state index contributed by atoms with van der Waals surface area (Å²) in [4.78, 5) is 12.3. The Bertz CT molecular complexity index is 788. The van der Waals surface area contributed by atoms with E-state index in [1.807, 2.05) is 6.07 Å². The summed E-state index contributed by atoms with van der Waals surface area (Å²) in [5.41, 5.74) is 1.34. The molecule has 0 aliphatic heterocycles. The first-order chi connectivity index (χ1) is 11.4. The number of halogens is 2. The minimum atomic E-state index is -0.547. The third-order valence-corrected chi connectivity index (χ3v) is 3.93. The fourth-order valence-electron chi connectivity index (χ4n) is 2.30. The number of carbonyl (C=O) groups is 1. The molecule has 0 aromatic heterocycles. The summed E-state index contributed by atoms with van der Waals surface area (Å²) in [6.45, 7) is 3.48. The summed E-state index contributed by atoms with van der Waals surface area (Å²) < 4.78 is 13.8. The Balaban J connectivity index is 2.01. The second kappa shape index (κ2) is 7.91. The molecule has 2 atom stereocenters. The van der Waals surface area contributed by atoms with E-state index in [0.29, 0.717) is 16.8 Å². The fraction of sp³-hybridized carbons (Fsp3) is 0.222. The highest BCUT2D eigenvalue weighted by Gasteiger charge is 2.18. The minimum absolute atomic E-state index is 0.274. The molecule has 1 amide bonds. The Kier molecular flexibility index (Phi) is 5.91. The summed E-state index contributed by atoms with van der Waals surface area (Å²) in [6, 6.07) is 12.2. The molecule has 6 heteroatoms. The number of benzene rings is 2. The molecule has 2 rings (SSSR count). The molecule has 0 spiro atoms. The summed E-state index contributed by atoms with van der Waals surface area (Å²) in [6.07, 6.45) is 0. The van der Waals surface area contributed by atoms with Crippen molar-refractivity contribution in [1.82, 2.24) is 5.32 Å². The highest BCUT2D eigenvalue weighted by Crippen LogP contribution is 2.21. The Labute approximate surface area is 145 Å². The van der Waals surface area contributed by atoms with Crippen LogP contribution in [0.25, 0.3) is 0 Å². The van der Waals surface area contributed by atoms with Crippen LogP contribution >= 0.6 is 11.6 Å². The van der Waals surface area contributed by atoms with Crippen LogP contribution in [0.1, 0.15) is 31.0 Å². The van der Waals surface area contributed by atoms with Gasteiger partial charge in [-0.2, -0.15) is 5.26 Å². The first-order valence-corrected chi connectivity index (χ1v) is 7.81. The number of nitrogens with one attached hydrogen (secondary N) is 2. The number of amides is 1. The molecular weight excluding hydrogens is 329 g/mol. The lowest BCUT2D eigenvalue weighted by atomic mass is 10.1. The van der Waals surface area contributed by atoms with E-state index in [1.54, 1.807) is 38.1 Å². The molecule has 124 valence electrons. The Morgan fingerprint density at radius 1 is 1.25 bits per heavy atom. The van der Waals surface area contributed by atoms with Gasteiger partial charge in [0.15, 0.2) is 0 Å². The lowest BCUT2D eigenvalue weighted by Crippen LogP contribution is -2.39. The molecule has 0 saturated carbocycles. The minimum Gasteiger partial charge on any atom is -0.325 e. The maximum absolute atomic E-state index is 13.8. The van der Waals surface area contributed by atoms with E-state index in [9.17, 15) is 9.18 Å². The molecule has 2 N–H and O–H groups in total. The van der Waals surface area contributed by atoms with Gasteiger partial charge < -0.3 is 5.32 Å². The van der Waals surface area contributed by atoms with E-state index < -0.39 is 6.04 Å². The molecule has 0 radical (unpaired) electrons. The van der Waals surface area contributed by atoms with Crippen molar-refractivity contribution in [3.8, 4) is 6.07 Å². The summed E-state index contributed by atoms with van der Waals surface area (Å²) in [5.74, 6) is -0.594. The van der Waals surface area contributed by atoms with Crippen LogP contribution in [0.2, 0.25) is 5.02 Å². The quantitative estimate of drug-likeness (QED) is 0.859.